The molecule has 0 unspecified atom stereocenters. The van der Waals surface area contributed by atoms with E-state index in [0.717, 1.165) is 31.2 Å². The van der Waals surface area contributed by atoms with Gasteiger partial charge in [-0.25, -0.2) is 4.98 Å². The summed E-state index contributed by atoms with van der Waals surface area (Å²) < 4.78 is 0. The number of nitrogens with zero attached hydrogens (tertiary/aromatic N) is 1. The van der Waals surface area contributed by atoms with E-state index in [4.69, 9.17) is 5.73 Å². The highest BCUT2D eigenvalue weighted by Crippen LogP contribution is 2.37. The molecule has 0 atom stereocenters. The number of H-pyrrole nitrogens is 1. The first-order chi connectivity index (χ1) is 11.1. The fourth-order valence-corrected chi connectivity index (χ4v) is 3.09. The summed E-state index contributed by atoms with van der Waals surface area (Å²) in [5, 5.41) is 2.82. The van der Waals surface area contributed by atoms with Gasteiger partial charge in [-0.15, -0.1) is 0 Å². The van der Waals surface area contributed by atoms with E-state index in [-0.39, 0.29) is 18.4 Å². The fourth-order valence-electron chi connectivity index (χ4n) is 3.09. The van der Waals surface area contributed by atoms with Crippen LogP contribution in [-0.4, -0.2) is 28.3 Å². The van der Waals surface area contributed by atoms with Crippen LogP contribution in [-0.2, 0) is 4.79 Å². The SMILES string of the molecule is NC(=O)C1(CNC(=O)c2cnc(-c3ccccc3)[nH]2)CCCC1. The first-order valence-electron chi connectivity index (χ1n) is 7.79. The van der Waals surface area contributed by atoms with Crippen LogP contribution < -0.4 is 11.1 Å². The minimum atomic E-state index is -0.599. The average Bonchev–Trinajstić information content (AvgIpc) is 3.24. The molecule has 0 bridgehead atoms. The van der Waals surface area contributed by atoms with Gasteiger partial charge in [-0.05, 0) is 12.8 Å². The topological polar surface area (TPSA) is 101 Å². The number of aromatic nitrogens is 2. The fraction of sp³-hybridized carbons (Fsp3) is 0.353. The minimum Gasteiger partial charge on any atom is -0.369 e. The maximum Gasteiger partial charge on any atom is 0.269 e. The summed E-state index contributed by atoms with van der Waals surface area (Å²) in [7, 11) is 0. The molecule has 120 valence electrons. The molecule has 0 aliphatic heterocycles. The molecule has 1 aliphatic carbocycles. The Morgan fingerprint density at radius 2 is 1.91 bits per heavy atom. The van der Waals surface area contributed by atoms with E-state index >= 15 is 0 Å². The molecular weight excluding hydrogens is 292 g/mol. The lowest BCUT2D eigenvalue weighted by atomic mass is 9.85. The van der Waals surface area contributed by atoms with Crippen molar-refractivity contribution in [3.8, 4) is 11.4 Å². The van der Waals surface area contributed by atoms with E-state index in [1.54, 1.807) is 0 Å². The Hall–Kier alpha value is -2.63. The van der Waals surface area contributed by atoms with Crippen molar-refractivity contribution in [3.63, 3.8) is 0 Å². The summed E-state index contributed by atoms with van der Waals surface area (Å²) in [6.45, 7) is 0.279. The number of primary amides is 1. The van der Waals surface area contributed by atoms with E-state index in [1.165, 1.54) is 6.20 Å². The quantitative estimate of drug-likeness (QED) is 0.785. The average molecular weight is 312 g/mol. The van der Waals surface area contributed by atoms with Crippen molar-refractivity contribution in [3.05, 3.63) is 42.2 Å². The molecule has 2 amide bonds. The number of hydrogen-bond acceptors (Lipinski definition) is 3. The van der Waals surface area contributed by atoms with Crippen molar-refractivity contribution < 1.29 is 9.59 Å². The van der Waals surface area contributed by atoms with Gasteiger partial charge < -0.3 is 16.0 Å². The summed E-state index contributed by atoms with van der Waals surface area (Å²) in [6.07, 6.45) is 4.92. The molecule has 3 rings (SSSR count). The summed E-state index contributed by atoms with van der Waals surface area (Å²) in [5.41, 5.74) is 6.22. The Kier molecular flexibility index (Phi) is 4.14. The summed E-state index contributed by atoms with van der Waals surface area (Å²) in [6, 6.07) is 9.58. The predicted octanol–water partition coefficient (Wildman–Crippen LogP) is 1.85. The Morgan fingerprint density at radius 1 is 1.22 bits per heavy atom. The highest BCUT2D eigenvalue weighted by atomic mass is 16.2. The maximum atomic E-state index is 12.3. The molecule has 6 heteroatoms. The van der Waals surface area contributed by atoms with E-state index in [2.05, 4.69) is 15.3 Å². The van der Waals surface area contributed by atoms with Crippen molar-refractivity contribution in [2.45, 2.75) is 25.7 Å². The Morgan fingerprint density at radius 3 is 2.57 bits per heavy atom. The van der Waals surface area contributed by atoms with Gasteiger partial charge in [0.25, 0.3) is 5.91 Å². The lowest BCUT2D eigenvalue weighted by molar-refractivity contribution is -0.127. The van der Waals surface area contributed by atoms with Gasteiger partial charge in [0.15, 0.2) is 0 Å². The van der Waals surface area contributed by atoms with Crippen LogP contribution >= 0.6 is 0 Å². The van der Waals surface area contributed by atoms with E-state index in [0.29, 0.717) is 11.5 Å². The third kappa shape index (κ3) is 3.11. The molecule has 0 saturated heterocycles. The van der Waals surface area contributed by atoms with Crippen LogP contribution in [0.4, 0.5) is 0 Å². The number of nitrogens with one attached hydrogen (secondary N) is 2. The number of amides is 2. The van der Waals surface area contributed by atoms with Gasteiger partial charge in [0.1, 0.15) is 11.5 Å². The van der Waals surface area contributed by atoms with E-state index < -0.39 is 5.41 Å². The molecule has 1 saturated carbocycles. The molecule has 0 radical (unpaired) electrons. The van der Waals surface area contributed by atoms with Crippen LogP contribution in [0.1, 0.15) is 36.2 Å². The number of hydrogen-bond donors (Lipinski definition) is 3. The Balaban J connectivity index is 1.67. The van der Waals surface area contributed by atoms with Crippen molar-refractivity contribution in [1.29, 1.82) is 0 Å². The standard InChI is InChI=1S/C17H20N4O2/c18-16(23)17(8-4-5-9-17)11-20-15(22)13-10-19-14(21-13)12-6-2-1-3-7-12/h1-3,6-7,10H,4-5,8-9,11H2,(H2,18,23)(H,19,21)(H,20,22). The second-order valence-corrected chi connectivity index (χ2v) is 6.05. The van der Waals surface area contributed by atoms with E-state index in [1.807, 2.05) is 30.3 Å². The van der Waals surface area contributed by atoms with Crippen molar-refractivity contribution in [1.82, 2.24) is 15.3 Å². The zero-order chi connectivity index (χ0) is 16.3. The predicted molar refractivity (Wildman–Crippen MR) is 86.5 cm³/mol. The zero-order valence-corrected chi connectivity index (χ0v) is 12.8. The third-order valence-electron chi connectivity index (χ3n) is 4.54. The number of carbonyl (C=O) groups is 2. The molecule has 1 aliphatic rings. The molecule has 2 aromatic rings. The van der Waals surface area contributed by atoms with Crippen LogP contribution in [0.25, 0.3) is 11.4 Å². The molecule has 1 fully saturated rings. The van der Waals surface area contributed by atoms with Crippen LogP contribution in [0, 0.1) is 5.41 Å². The van der Waals surface area contributed by atoms with Crippen molar-refractivity contribution in [2.75, 3.05) is 6.54 Å². The lowest BCUT2D eigenvalue weighted by Crippen LogP contribution is -2.44. The number of benzene rings is 1. The second-order valence-electron chi connectivity index (χ2n) is 6.05. The highest BCUT2D eigenvalue weighted by molar-refractivity contribution is 5.93. The Bertz CT molecular complexity index is 702. The van der Waals surface area contributed by atoms with Crippen molar-refractivity contribution >= 4 is 11.8 Å². The zero-order valence-electron chi connectivity index (χ0n) is 12.8. The summed E-state index contributed by atoms with van der Waals surface area (Å²) >= 11 is 0. The number of carbonyl (C=O) groups excluding carboxylic acids is 2. The minimum absolute atomic E-state index is 0.271. The molecular formula is C17H20N4O2. The third-order valence-corrected chi connectivity index (χ3v) is 4.54. The van der Waals surface area contributed by atoms with Crippen LogP contribution in [0.2, 0.25) is 0 Å². The number of aromatic amines is 1. The molecule has 4 N–H and O–H groups in total. The van der Waals surface area contributed by atoms with Gasteiger partial charge >= 0.3 is 0 Å². The van der Waals surface area contributed by atoms with Gasteiger partial charge in [-0.1, -0.05) is 43.2 Å². The molecule has 1 aromatic carbocycles. The summed E-state index contributed by atoms with van der Waals surface area (Å²) in [5.74, 6) is 0.0401. The molecule has 0 spiro atoms. The van der Waals surface area contributed by atoms with Crippen LogP contribution in [0.3, 0.4) is 0 Å². The van der Waals surface area contributed by atoms with Crippen LogP contribution in [0.5, 0.6) is 0 Å². The van der Waals surface area contributed by atoms with Gasteiger partial charge in [0.2, 0.25) is 5.91 Å². The first-order valence-corrected chi connectivity index (χ1v) is 7.79. The van der Waals surface area contributed by atoms with Gasteiger partial charge in [0.05, 0.1) is 11.6 Å². The van der Waals surface area contributed by atoms with E-state index in [9.17, 15) is 9.59 Å². The molecule has 1 heterocycles. The number of imidazole rings is 1. The maximum absolute atomic E-state index is 12.3. The van der Waals surface area contributed by atoms with Crippen molar-refractivity contribution in [2.24, 2.45) is 11.1 Å². The highest BCUT2D eigenvalue weighted by Gasteiger charge is 2.39. The number of rotatable bonds is 5. The largest absolute Gasteiger partial charge is 0.369 e. The summed E-state index contributed by atoms with van der Waals surface area (Å²) in [4.78, 5) is 31.2. The second kappa shape index (κ2) is 6.24. The van der Waals surface area contributed by atoms with Gasteiger partial charge in [-0.2, -0.15) is 0 Å². The normalized spacial score (nSPS) is 16.2. The molecule has 1 aromatic heterocycles. The monoisotopic (exact) mass is 312 g/mol. The molecule has 23 heavy (non-hydrogen) atoms. The first kappa shape index (κ1) is 15.3. The van der Waals surface area contributed by atoms with Crippen LogP contribution in [0.15, 0.2) is 36.5 Å². The molecule has 6 nitrogen and oxygen atoms in total. The lowest BCUT2D eigenvalue weighted by Gasteiger charge is -2.25. The smallest absolute Gasteiger partial charge is 0.269 e. The number of nitrogens with two attached hydrogens (primary N) is 1. The van der Waals surface area contributed by atoms with Gasteiger partial charge in [-0.3, -0.25) is 9.59 Å². The Labute approximate surface area is 134 Å². The van der Waals surface area contributed by atoms with Gasteiger partial charge in [0, 0.05) is 12.1 Å².